The third-order valence-electron chi connectivity index (χ3n) is 2.99. The molecule has 0 unspecified atom stereocenters. The van der Waals surface area contributed by atoms with Crippen molar-refractivity contribution in [2.45, 2.75) is 40.5 Å². The fourth-order valence-corrected chi connectivity index (χ4v) is 1.83. The van der Waals surface area contributed by atoms with Gasteiger partial charge in [0.05, 0.1) is 6.33 Å². The van der Waals surface area contributed by atoms with E-state index in [0.717, 1.165) is 37.3 Å². The van der Waals surface area contributed by atoms with E-state index in [1.54, 1.807) is 6.33 Å². The van der Waals surface area contributed by atoms with Crippen LogP contribution in [0.2, 0.25) is 0 Å². The van der Waals surface area contributed by atoms with E-state index < -0.39 is 0 Å². The lowest BCUT2D eigenvalue weighted by atomic mass is 9.92. The molecule has 2 aromatic rings. The van der Waals surface area contributed by atoms with Crippen molar-refractivity contribution < 1.29 is 0 Å². The Kier molecular flexibility index (Phi) is 4.42. The number of aromatic amines is 1. The highest BCUT2D eigenvalue weighted by Crippen LogP contribution is 2.21. The van der Waals surface area contributed by atoms with Crippen LogP contribution in [0.15, 0.2) is 6.33 Å². The van der Waals surface area contributed by atoms with Crippen molar-refractivity contribution in [1.29, 1.82) is 0 Å². The smallest absolute Gasteiger partial charge is 0.226 e. The Balaban J connectivity index is 2.15. The Hall–Kier alpha value is -1.85. The van der Waals surface area contributed by atoms with Gasteiger partial charge in [0, 0.05) is 13.1 Å². The summed E-state index contributed by atoms with van der Waals surface area (Å²) in [5, 5.41) is 6.59. The second-order valence-electron chi connectivity index (χ2n) is 6.16. The molecule has 0 bridgehead atoms. The fraction of sp³-hybridized carbons (Fsp3) is 0.643. The summed E-state index contributed by atoms with van der Waals surface area (Å²) in [5.41, 5.74) is 1.86. The van der Waals surface area contributed by atoms with Crippen LogP contribution in [0.1, 0.15) is 40.5 Å². The molecule has 0 atom stereocenters. The Morgan fingerprint density at radius 3 is 2.65 bits per heavy atom. The molecule has 0 aliphatic rings. The maximum Gasteiger partial charge on any atom is 0.226 e. The van der Waals surface area contributed by atoms with E-state index in [0.29, 0.717) is 17.0 Å². The molecule has 0 radical (unpaired) electrons. The van der Waals surface area contributed by atoms with E-state index >= 15 is 0 Å². The largest absolute Gasteiger partial charge is 0.368 e. The summed E-state index contributed by atoms with van der Waals surface area (Å²) in [6.45, 7) is 10.5. The topological polar surface area (TPSA) is 78.5 Å². The summed E-state index contributed by atoms with van der Waals surface area (Å²) < 4.78 is 0. The van der Waals surface area contributed by atoms with Crippen LogP contribution < -0.4 is 10.6 Å². The summed E-state index contributed by atoms with van der Waals surface area (Å²) in [4.78, 5) is 16.2. The highest BCUT2D eigenvalue weighted by atomic mass is 15.2. The minimum atomic E-state index is 0.302. The van der Waals surface area contributed by atoms with Gasteiger partial charge in [0.25, 0.3) is 0 Å². The van der Waals surface area contributed by atoms with Gasteiger partial charge in [0.15, 0.2) is 11.5 Å². The van der Waals surface area contributed by atoms with E-state index in [1.807, 2.05) is 0 Å². The number of nitrogens with zero attached hydrogens (tertiary/aromatic N) is 3. The Morgan fingerprint density at radius 1 is 1.15 bits per heavy atom. The lowest BCUT2D eigenvalue weighted by Gasteiger charge is -2.18. The van der Waals surface area contributed by atoms with Gasteiger partial charge >= 0.3 is 0 Å². The summed E-state index contributed by atoms with van der Waals surface area (Å²) in [7, 11) is 0. The van der Waals surface area contributed by atoms with Gasteiger partial charge in [-0.1, -0.05) is 27.7 Å². The molecule has 0 fully saturated rings. The maximum absolute atomic E-state index is 4.53. The number of aromatic nitrogens is 4. The molecule has 2 rings (SSSR count). The molecule has 2 heterocycles. The van der Waals surface area contributed by atoms with Crippen molar-refractivity contribution in [3.8, 4) is 0 Å². The van der Waals surface area contributed by atoms with Gasteiger partial charge in [-0.05, 0) is 18.3 Å². The zero-order valence-corrected chi connectivity index (χ0v) is 12.7. The van der Waals surface area contributed by atoms with Gasteiger partial charge in [0.2, 0.25) is 5.95 Å². The van der Waals surface area contributed by atoms with Crippen LogP contribution in [0.3, 0.4) is 0 Å². The minimum Gasteiger partial charge on any atom is -0.368 e. The number of hydrogen-bond acceptors (Lipinski definition) is 5. The summed E-state index contributed by atoms with van der Waals surface area (Å²) >= 11 is 0. The number of hydrogen-bond donors (Lipinski definition) is 3. The van der Waals surface area contributed by atoms with E-state index in [4.69, 9.17) is 0 Å². The first kappa shape index (κ1) is 14.6. The second kappa shape index (κ2) is 6.07. The van der Waals surface area contributed by atoms with Gasteiger partial charge in [-0.3, -0.25) is 0 Å². The second-order valence-corrected chi connectivity index (χ2v) is 6.16. The predicted molar refractivity (Wildman–Crippen MR) is 83.0 cm³/mol. The van der Waals surface area contributed by atoms with Gasteiger partial charge < -0.3 is 15.6 Å². The normalized spacial score (nSPS) is 11.8. The van der Waals surface area contributed by atoms with Crippen molar-refractivity contribution >= 4 is 22.9 Å². The van der Waals surface area contributed by atoms with Crippen molar-refractivity contribution in [1.82, 2.24) is 19.9 Å². The molecule has 110 valence electrons. The van der Waals surface area contributed by atoms with Gasteiger partial charge in [-0.2, -0.15) is 9.97 Å². The molecule has 0 spiro atoms. The molecule has 0 aromatic carbocycles. The summed E-state index contributed by atoms with van der Waals surface area (Å²) in [6, 6.07) is 0. The zero-order valence-electron chi connectivity index (χ0n) is 12.7. The molecule has 20 heavy (non-hydrogen) atoms. The molecule has 2 aromatic heterocycles. The van der Waals surface area contributed by atoms with Gasteiger partial charge in [0.1, 0.15) is 5.52 Å². The summed E-state index contributed by atoms with van der Waals surface area (Å²) in [6.07, 6.45) is 3.76. The highest BCUT2D eigenvalue weighted by molar-refractivity contribution is 5.83. The Labute approximate surface area is 119 Å². The first-order chi connectivity index (χ1) is 9.49. The standard InChI is InChI=1S/C14H24N6/c1-5-7-16-13-19-11(15-8-6-14(2,3)4)10-12(20-13)18-9-17-10/h9H,5-8H2,1-4H3,(H3,15,16,17,18,19,20). The number of rotatable bonds is 6. The van der Waals surface area contributed by atoms with Crippen LogP contribution in [0, 0.1) is 5.41 Å². The zero-order chi connectivity index (χ0) is 14.6. The number of H-pyrrole nitrogens is 1. The number of nitrogens with one attached hydrogen (secondary N) is 3. The average molecular weight is 276 g/mol. The fourth-order valence-electron chi connectivity index (χ4n) is 1.83. The van der Waals surface area contributed by atoms with Crippen LogP contribution in [-0.2, 0) is 0 Å². The molecule has 0 saturated heterocycles. The quantitative estimate of drug-likeness (QED) is 0.756. The maximum atomic E-state index is 4.53. The van der Waals surface area contributed by atoms with Crippen molar-refractivity contribution in [3.63, 3.8) is 0 Å². The van der Waals surface area contributed by atoms with E-state index in [-0.39, 0.29) is 0 Å². The van der Waals surface area contributed by atoms with Crippen molar-refractivity contribution in [2.24, 2.45) is 5.41 Å². The minimum absolute atomic E-state index is 0.302. The first-order valence-corrected chi connectivity index (χ1v) is 7.18. The number of imidazole rings is 1. The molecule has 0 aliphatic heterocycles. The number of fused-ring (bicyclic) bond motifs is 1. The third-order valence-corrected chi connectivity index (χ3v) is 2.99. The lowest BCUT2D eigenvalue weighted by Crippen LogP contribution is -2.14. The third kappa shape index (κ3) is 3.82. The molecular formula is C14H24N6. The lowest BCUT2D eigenvalue weighted by molar-refractivity contribution is 0.389. The molecule has 6 heteroatoms. The summed E-state index contributed by atoms with van der Waals surface area (Å²) in [5.74, 6) is 1.44. The van der Waals surface area contributed by atoms with E-state index in [1.165, 1.54) is 0 Å². The SMILES string of the molecule is CCCNc1nc(NCCC(C)(C)C)c2[nH]cnc2n1. The van der Waals surface area contributed by atoms with Crippen LogP contribution >= 0.6 is 0 Å². The monoisotopic (exact) mass is 276 g/mol. The molecule has 0 saturated carbocycles. The van der Waals surface area contributed by atoms with Crippen molar-refractivity contribution in [3.05, 3.63) is 6.33 Å². The Morgan fingerprint density at radius 2 is 1.95 bits per heavy atom. The van der Waals surface area contributed by atoms with Gasteiger partial charge in [-0.15, -0.1) is 0 Å². The van der Waals surface area contributed by atoms with E-state index in [9.17, 15) is 0 Å². The molecule has 3 N–H and O–H groups in total. The highest BCUT2D eigenvalue weighted by Gasteiger charge is 2.12. The average Bonchev–Trinajstić information content (AvgIpc) is 2.83. The van der Waals surface area contributed by atoms with Crippen LogP contribution in [-0.4, -0.2) is 33.0 Å². The van der Waals surface area contributed by atoms with Crippen LogP contribution in [0.5, 0.6) is 0 Å². The molecule has 0 aliphatic carbocycles. The first-order valence-electron chi connectivity index (χ1n) is 7.18. The van der Waals surface area contributed by atoms with Crippen LogP contribution in [0.4, 0.5) is 11.8 Å². The number of anilines is 2. The van der Waals surface area contributed by atoms with Crippen LogP contribution in [0.25, 0.3) is 11.2 Å². The van der Waals surface area contributed by atoms with E-state index in [2.05, 4.69) is 58.3 Å². The van der Waals surface area contributed by atoms with Gasteiger partial charge in [-0.25, -0.2) is 4.98 Å². The molecular weight excluding hydrogens is 252 g/mol. The predicted octanol–water partition coefficient (Wildman–Crippen LogP) is 3.02. The Bertz CT molecular complexity index is 554. The molecule has 0 amide bonds. The molecule has 6 nitrogen and oxygen atoms in total. The van der Waals surface area contributed by atoms with Crippen molar-refractivity contribution in [2.75, 3.05) is 23.7 Å².